The van der Waals surface area contributed by atoms with Crippen LogP contribution in [0.5, 0.6) is 5.75 Å². The van der Waals surface area contributed by atoms with Crippen LogP contribution in [0.2, 0.25) is 0 Å². The summed E-state index contributed by atoms with van der Waals surface area (Å²) in [5.41, 5.74) is 1.47. The number of ether oxygens (including phenoxy) is 1. The Balaban J connectivity index is 1.51. The molecule has 0 bridgehead atoms. The zero-order chi connectivity index (χ0) is 19.5. The Morgan fingerprint density at radius 2 is 1.82 bits per heavy atom. The van der Waals surface area contributed by atoms with Gasteiger partial charge in [0.2, 0.25) is 0 Å². The van der Waals surface area contributed by atoms with Crippen LogP contribution in [0.3, 0.4) is 0 Å². The highest BCUT2D eigenvalue weighted by atomic mass is 32.2. The number of nitrogens with one attached hydrogen (secondary N) is 1. The molecule has 0 atom stereocenters. The van der Waals surface area contributed by atoms with Crippen LogP contribution in [-0.2, 0) is 4.79 Å². The van der Waals surface area contributed by atoms with Crippen molar-refractivity contribution in [2.24, 2.45) is 4.99 Å². The number of hydrogen-bond acceptors (Lipinski definition) is 5. The number of carbonyl (C=O) groups excluding carboxylic acids is 1. The van der Waals surface area contributed by atoms with E-state index in [0.717, 1.165) is 11.3 Å². The number of thioether (sulfide) groups is 1. The van der Waals surface area contributed by atoms with Crippen LogP contribution >= 0.6 is 11.8 Å². The Labute approximate surface area is 164 Å². The fourth-order valence-electron chi connectivity index (χ4n) is 2.58. The largest absolute Gasteiger partial charge is 0.497 e. The maximum absolute atomic E-state index is 13.0. The summed E-state index contributed by atoms with van der Waals surface area (Å²) in [6, 6.07) is 16.8. The summed E-state index contributed by atoms with van der Waals surface area (Å²) >= 11 is 1.24. The van der Waals surface area contributed by atoms with Gasteiger partial charge in [0, 0.05) is 11.6 Å². The number of aliphatic imine (C=N–C) groups is 1. The van der Waals surface area contributed by atoms with Crippen molar-refractivity contribution in [3.63, 3.8) is 0 Å². The molecule has 2 aromatic carbocycles. The minimum absolute atomic E-state index is 0.239. The van der Waals surface area contributed by atoms with Crippen molar-refractivity contribution in [2.45, 2.75) is 0 Å². The van der Waals surface area contributed by atoms with E-state index in [-0.39, 0.29) is 11.7 Å². The quantitative estimate of drug-likeness (QED) is 0.634. The number of methoxy groups -OCH3 is 1. The van der Waals surface area contributed by atoms with E-state index in [4.69, 9.17) is 9.15 Å². The Bertz CT molecular complexity index is 1070. The highest BCUT2D eigenvalue weighted by molar-refractivity contribution is 8.18. The third kappa shape index (κ3) is 3.99. The highest BCUT2D eigenvalue weighted by Crippen LogP contribution is 2.30. The molecule has 1 amide bonds. The first-order valence-electron chi connectivity index (χ1n) is 8.40. The van der Waals surface area contributed by atoms with Gasteiger partial charge in [0.25, 0.3) is 5.91 Å². The molecule has 4 rings (SSSR count). The Morgan fingerprint density at radius 1 is 1.07 bits per heavy atom. The molecule has 0 spiro atoms. The van der Waals surface area contributed by atoms with Crippen molar-refractivity contribution in [1.82, 2.24) is 5.32 Å². The summed E-state index contributed by atoms with van der Waals surface area (Å²) in [5.74, 6) is 1.32. The van der Waals surface area contributed by atoms with Gasteiger partial charge in [-0.15, -0.1) is 0 Å². The summed E-state index contributed by atoms with van der Waals surface area (Å²) in [7, 11) is 1.60. The van der Waals surface area contributed by atoms with Crippen LogP contribution in [0.15, 0.2) is 75.0 Å². The maximum atomic E-state index is 13.0. The van der Waals surface area contributed by atoms with Gasteiger partial charge in [0.05, 0.1) is 17.7 Å². The highest BCUT2D eigenvalue weighted by Gasteiger charge is 2.24. The van der Waals surface area contributed by atoms with Crippen molar-refractivity contribution in [2.75, 3.05) is 7.11 Å². The molecule has 2 heterocycles. The monoisotopic (exact) mass is 394 g/mol. The fourth-order valence-corrected chi connectivity index (χ4v) is 3.41. The second-order valence-electron chi connectivity index (χ2n) is 5.89. The number of amidine groups is 1. The zero-order valence-corrected chi connectivity index (χ0v) is 15.6. The number of halogens is 1. The Morgan fingerprint density at radius 3 is 2.54 bits per heavy atom. The molecule has 1 fully saturated rings. The molecule has 3 aromatic rings. The fraction of sp³-hybridized carbons (Fsp3) is 0.0476. The van der Waals surface area contributed by atoms with Crippen LogP contribution in [0.25, 0.3) is 17.4 Å². The van der Waals surface area contributed by atoms with Gasteiger partial charge in [0.15, 0.2) is 5.17 Å². The predicted octanol–water partition coefficient (Wildman–Crippen LogP) is 4.99. The van der Waals surface area contributed by atoms with Crippen LogP contribution in [0.4, 0.5) is 10.1 Å². The van der Waals surface area contributed by atoms with E-state index >= 15 is 0 Å². The molecular weight excluding hydrogens is 379 g/mol. The van der Waals surface area contributed by atoms with Crippen LogP contribution in [0.1, 0.15) is 5.76 Å². The van der Waals surface area contributed by atoms with Gasteiger partial charge in [-0.2, -0.15) is 0 Å². The molecule has 0 unspecified atom stereocenters. The first-order valence-corrected chi connectivity index (χ1v) is 9.22. The zero-order valence-electron chi connectivity index (χ0n) is 14.8. The minimum atomic E-state index is -0.305. The lowest BCUT2D eigenvalue weighted by atomic mass is 10.2. The van der Waals surface area contributed by atoms with Gasteiger partial charge in [0.1, 0.15) is 23.1 Å². The van der Waals surface area contributed by atoms with E-state index in [2.05, 4.69) is 10.3 Å². The minimum Gasteiger partial charge on any atom is -0.497 e. The predicted molar refractivity (Wildman–Crippen MR) is 108 cm³/mol. The second-order valence-corrected chi connectivity index (χ2v) is 6.92. The number of furan rings is 1. The Kier molecular flexibility index (Phi) is 4.99. The van der Waals surface area contributed by atoms with Gasteiger partial charge >= 0.3 is 0 Å². The summed E-state index contributed by atoms with van der Waals surface area (Å²) in [6.45, 7) is 0. The molecule has 1 aliphatic heterocycles. The Hall–Kier alpha value is -3.32. The van der Waals surface area contributed by atoms with Crippen molar-refractivity contribution >= 4 is 34.6 Å². The number of rotatable bonds is 4. The van der Waals surface area contributed by atoms with Gasteiger partial charge in [-0.25, -0.2) is 9.38 Å². The van der Waals surface area contributed by atoms with Gasteiger partial charge in [-0.3, -0.25) is 4.79 Å². The van der Waals surface area contributed by atoms with Crippen molar-refractivity contribution in [3.8, 4) is 17.1 Å². The van der Waals surface area contributed by atoms with Crippen molar-refractivity contribution < 1.29 is 18.3 Å². The molecule has 0 aliphatic carbocycles. The van der Waals surface area contributed by atoms with E-state index in [1.54, 1.807) is 49.6 Å². The molecule has 1 aromatic heterocycles. The van der Waals surface area contributed by atoms with Crippen LogP contribution in [-0.4, -0.2) is 18.2 Å². The number of hydrogen-bond donors (Lipinski definition) is 1. The second kappa shape index (κ2) is 7.74. The number of carbonyl (C=O) groups is 1. The molecule has 0 radical (unpaired) electrons. The molecule has 1 saturated heterocycles. The first-order chi connectivity index (χ1) is 13.6. The summed E-state index contributed by atoms with van der Waals surface area (Å²) in [4.78, 5) is 17.1. The van der Waals surface area contributed by atoms with Gasteiger partial charge in [-0.1, -0.05) is 0 Å². The van der Waals surface area contributed by atoms with Gasteiger partial charge < -0.3 is 14.5 Å². The van der Waals surface area contributed by atoms with Crippen LogP contribution < -0.4 is 10.1 Å². The van der Waals surface area contributed by atoms with Crippen molar-refractivity contribution in [3.05, 3.63) is 77.1 Å². The standard InChI is InChI=1S/C21H15FN2O3S/c1-26-16-8-6-15(7-9-16)23-21-24-20(25)19(28-21)12-17-10-11-18(27-17)13-2-4-14(22)5-3-13/h2-12H,1H3,(H,23,24,25)/b19-12+. The topological polar surface area (TPSA) is 63.8 Å². The number of amides is 1. The molecule has 7 heteroatoms. The molecule has 140 valence electrons. The number of benzene rings is 2. The molecular formula is C21H15FN2O3S. The SMILES string of the molecule is COc1ccc(N=C2NC(=O)/C(=C\c3ccc(-c4ccc(F)cc4)o3)S2)cc1. The first kappa shape index (κ1) is 18.1. The van der Waals surface area contributed by atoms with E-state index in [1.807, 2.05) is 12.1 Å². The smallest absolute Gasteiger partial charge is 0.264 e. The maximum Gasteiger partial charge on any atom is 0.264 e. The normalized spacial score (nSPS) is 16.6. The summed E-state index contributed by atoms with van der Waals surface area (Å²) in [5, 5.41) is 3.23. The van der Waals surface area contributed by atoms with E-state index in [1.165, 1.54) is 23.9 Å². The molecule has 1 N–H and O–H groups in total. The van der Waals surface area contributed by atoms with Gasteiger partial charge in [-0.05, 0) is 72.4 Å². The third-order valence-electron chi connectivity index (χ3n) is 3.98. The summed E-state index contributed by atoms with van der Waals surface area (Å²) in [6.07, 6.45) is 1.66. The third-order valence-corrected chi connectivity index (χ3v) is 4.89. The molecule has 28 heavy (non-hydrogen) atoms. The van der Waals surface area contributed by atoms with E-state index in [9.17, 15) is 9.18 Å². The molecule has 1 aliphatic rings. The van der Waals surface area contributed by atoms with E-state index in [0.29, 0.717) is 27.3 Å². The van der Waals surface area contributed by atoms with Crippen LogP contribution in [0, 0.1) is 5.82 Å². The lowest BCUT2D eigenvalue weighted by Crippen LogP contribution is -2.19. The average Bonchev–Trinajstić information content (AvgIpc) is 3.30. The van der Waals surface area contributed by atoms with E-state index < -0.39 is 0 Å². The summed E-state index contributed by atoms with van der Waals surface area (Å²) < 4.78 is 23.9. The average molecular weight is 394 g/mol. The lowest BCUT2D eigenvalue weighted by Gasteiger charge is -1.99. The molecule has 5 nitrogen and oxygen atoms in total. The lowest BCUT2D eigenvalue weighted by molar-refractivity contribution is -0.115. The molecule has 0 saturated carbocycles. The van der Waals surface area contributed by atoms with Crippen molar-refractivity contribution in [1.29, 1.82) is 0 Å². The number of nitrogens with zero attached hydrogens (tertiary/aromatic N) is 1.